The number of hydrogen-bond donors (Lipinski definition) is 1. The first kappa shape index (κ1) is 20.2. The van der Waals surface area contributed by atoms with Gasteiger partial charge in [0.05, 0.1) is 0 Å². The molecule has 1 aromatic rings. The molecule has 7 heteroatoms. The molecule has 2 amide bonds. The van der Waals surface area contributed by atoms with Gasteiger partial charge in [-0.2, -0.15) is 0 Å². The Morgan fingerprint density at radius 3 is 2.61 bits per heavy atom. The number of hydrogen-bond acceptors (Lipinski definition) is 5. The van der Waals surface area contributed by atoms with Crippen molar-refractivity contribution in [3.8, 4) is 5.75 Å². The molecular formula is C24H29N3O4. The van der Waals surface area contributed by atoms with Gasteiger partial charge < -0.3 is 15.0 Å². The number of benzene rings is 1. The first-order valence-electron chi connectivity index (χ1n) is 11.3. The van der Waals surface area contributed by atoms with Crippen LogP contribution in [0.15, 0.2) is 30.5 Å². The summed E-state index contributed by atoms with van der Waals surface area (Å²) in [6.45, 7) is 5.90. The van der Waals surface area contributed by atoms with E-state index in [9.17, 15) is 14.4 Å². The number of Topliss-reactive ketones (excluding diaryl/α,β-unsaturated/α-hetero) is 1. The lowest BCUT2D eigenvalue weighted by atomic mass is 10.0. The van der Waals surface area contributed by atoms with E-state index in [-0.39, 0.29) is 17.9 Å². The van der Waals surface area contributed by atoms with Gasteiger partial charge in [0.25, 0.3) is 5.91 Å². The first-order valence-corrected chi connectivity index (χ1v) is 11.3. The van der Waals surface area contributed by atoms with Crippen molar-refractivity contribution in [1.82, 2.24) is 15.1 Å². The van der Waals surface area contributed by atoms with Crippen LogP contribution in [0.1, 0.15) is 60.9 Å². The zero-order valence-corrected chi connectivity index (χ0v) is 17.8. The minimum Gasteiger partial charge on any atom is -0.489 e. The van der Waals surface area contributed by atoms with E-state index in [0.29, 0.717) is 55.3 Å². The molecule has 0 bridgehead atoms. The molecule has 3 heterocycles. The number of allylic oxidation sites excluding steroid dienone is 1. The molecule has 3 fully saturated rings. The van der Waals surface area contributed by atoms with Crippen molar-refractivity contribution in [3.63, 3.8) is 0 Å². The summed E-state index contributed by atoms with van der Waals surface area (Å²) in [6, 6.07) is 5.56. The summed E-state index contributed by atoms with van der Waals surface area (Å²) >= 11 is 0. The average Bonchev–Trinajstić information content (AvgIpc) is 3.33. The predicted octanol–water partition coefficient (Wildman–Crippen LogP) is 2.40. The molecule has 3 aliphatic heterocycles. The quantitative estimate of drug-likeness (QED) is 0.805. The minimum absolute atomic E-state index is 0.0917. The first-order chi connectivity index (χ1) is 15.0. The molecule has 0 aromatic heterocycles. The normalized spacial score (nSPS) is 29.3. The number of ketones is 1. The lowest BCUT2D eigenvalue weighted by Gasteiger charge is -2.35. The number of amides is 2. The standard InChI is InChI=1S/C24H29N3O4/c1-15-5-8-21(23(29)25-15)27-14-16-13-18(6-7-19(16)24(27)30)31-22-4-2-3-20(22)26-11-9-17(28)10-12-26/h6-7,13,20-22H,1-5,8-12,14H2,(H,25,29)/t20-,21?,22-/m0/s1. The van der Waals surface area contributed by atoms with Gasteiger partial charge in [-0.05, 0) is 55.9 Å². The highest BCUT2D eigenvalue weighted by Gasteiger charge is 2.39. The topological polar surface area (TPSA) is 79.0 Å². The third kappa shape index (κ3) is 3.87. The van der Waals surface area contributed by atoms with Crippen LogP contribution in [0.2, 0.25) is 0 Å². The van der Waals surface area contributed by atoms with Crippen LogP contribution in [0.25, 0.3) is 0 Å². The second-order valence-electron chi connectivity index (χ2n) is 9.13. The van der Waals surface area contributed by atoms with Crippen molar-refractivity contribution >= 4 is 17.6 Å². The number of piperidine rings is 2. The van der Waals surface area contributed by atoms with Gasteiger partial charge in [-0.25, -0.2) is 0 Å². The van der Waals surface area contributed by atoms with E-state index in [1.165, 1.54) is 0 Å². The van der Waals surface area contributed by atoms with Crippen LogP contribution in [0, 0.1) is 0 Å². The molecule has 4 aliphatic rings. The van der Waals surface area contributed by atoms with Gasteiger partial charge >= 0.3 is 0 Å². The molecule has 3 atom stereocenters. The minimum atomic E-state index is -0.448. The fourth-order valence-electron chi connectivity index (χ4n) is 5.45. The summed E-state index contributed by atoms with van der Waals surface area (Å²) in [6.07, 6.45) is 5.91. The van der Waals surface area contributed by atoms with E-state index in [2.05, 4.69) is 16.8 Å². The third-order valence-corrected chi connectivity index (χ3v) is 7.14. The summed E-state index contributed by atoms with van der Waals surface area (Å²) in [7, 11) is 0. The summed E-state index contributed by atoms with van der Waals surface area (Å²) in [5.74, 6) is 0.893. The highest BCUT2D eigenvalue weighted by Crippen LogP contribution is 2.34. The second kappa shape index (κ2) is 8.11. The lowest BCUT2D eigenvalue weighted by Crippen LogP contribution is -2.49. The Morgan fingerprint density at radius 2 is 1.84 bits per heavy atom. The van der Waals surface area contributed by atoms with Crippen LogP contribution in [-0.4, -0.2) is 58.7 Å². The van der Waals surface area contributed by atoms with E-state index in [4.69, 9.17) is 4.74 Å². The van der Waals surface area contributed by atoms with Crippen molar-refractivity contribution in [3.05, 3.63) is 41.6 Å². The van der Waals surface area contributed by atoms with Crippen molar-refractivity contribution in [2.75, 3.05) is 13.1 Å². The highest BCUT2D eigenvalue weighted by atomic mass is 16.5. The van der Waals surface area contributed by atoms with Crippen molar-refractivity contribution in [1.29, 1.82) is 0 Å². The smallest absolute Gasteiger partial charge is 0.255 e. The monoisotopic (exact) mass is 423 g/mol. The number of ether oxygens (including phenoxy) is 1. The van der Waals surface area contributed by atoms with E-state index in [1.54, 1.807) is 4.90 Å². The largest absolute Gasteiger partial charge is 0.489 e. The Hall–Kier alpha value is -2.67. The fraction of sp³-hybridized carbons (Fsp3) is 0.542. The van der Waals surface area contributed by atoms with Crippen LogP contribution in [0.4, 0.5) is 0 Å². The molecule has 0 radical (unpaired) electrons. The molecular weight excluding hydrogens is 394 g/mol. The number of carbonyl (C=O) groups excluding carboxylic acids is 3. The van der Waals surface area contributed by atoms with E-state index in [0.717, 1.165) is 43.7 Å². The number of likely N-dealkylation sites (tertiary alicyclic amines) is 1. The van der Waals surface area contributed by atoms with Crippen LogP contribution < -0.4 is 10.1 Å². The molecule has 2 saturated heterocycles. The number of carbonyl (C=O) groups is 3. The Kier molecular flexibility index (Phi) is 5.30. The van der Waals surface area contributed by atoms with Gasteiger partial charge in [-0.15, -0.1) is 0 Å². The summed E-state index contributed by atoms with van der Waals surface area (Å²) < 4.78 is 6.40. The van der Waals surface area contributed by atoms with Crippen LogP contribution in [-0.2, 0) is 16.1 Å². The van der Waals surface area contributed by atoms with Crippen molar-refractivity contribution in [2.24, 2.45) is 0 Å². The molecule has 5 rings (SSSR count). The van der Waals surface area contributed by atoms with Crippen molar-refractivity contribution < 1.29 is 19.1 Å². The Labute approximate surface area is 182 Å². The number of nitrogens with zero attached hydrogens (tertiary/aromatic N) is 2. The lowest BCUT2D eigenvalue weighted by molar-refractivity contribution is -0.126. The molecule has 1 unspecified atom stereocenters. The Bertz CT molecular complexity index is 933. The van der Waals surface area contributed by atoms with Gasteiger partial charge in [0.1, 0.15) is 23.7 Å². The van der Waals surface area contributed by atoms with Gasteiger partial charge in [-0.1, -0.05) is 6.58 Å². The molecule has 7 nitrogen and oxygen atoms in total. The van der Waals surface area contributed by atoms with Gasteiger partial charge in [0.2, 0.25) is 5.91 Å². The molecule has 1 N–H and O–H groups in total. The molecule has 0 spiro atoms. The maximum absolute atomic E-state index is 12.9. The molecule has 31 heavy (non-hydrogen) atoms. The van der Waals surface area contributed by atoms with E-state index >= 15 is 0 Å². The van der Waals surface area contributed by atoms with Crippen molar-refractivity contribution in [2.45, 2.75) is 69.7 Å². The summed E-state index contributed by atoms with van der Waals surface area (Å²) in [5, 5.41) is 2.77. The van der Waals surface area contributed by atoms with Crippen LogP contribution in [0.5, 0.6) is 5.75 Å². The molecule has 1 aliphatic carbocycles. The summed E-state index contributed by atoms with van der Waals surface area (Å²) in [5.41, 5.74) is 2.28. The average molecular weight is 424 g/mol. The maximum Gasteiger partial charge on any atom is 0.255 e. The Morgan fingerprint density at radius 1 is 1.03 bits per heavy atom. The predicted molar refractivity (Wildman–Crippen MR) is 114 cm³/mol. The number of fused-ring (bicyclic) bond motifs is 1. The second-order valence-corrected chi connectivity index (χ2v) is 9.13. The Balaban J connectivity index is 1.27. The van der Waals surface area contributed by atoms with Crippen LogP contribution in [0.3, 0.4) is 0 Å². The van der Waals surface area contributed by atoms with Gasteiger partial charge in [0.15, 0.2) is 0 Å². The fourth-order valence-corrected chi connectivity index (χ4v) is 5.45. The molecule has 1 aromatic carbocycles. The number of rotatable bonds is 4. The van der Waals surface area contributed by atoms with Gasteiger partial charge in [-0.3, -0.25) is 19.3 Å². The third-order valence-electron chi connectivity index (χ3n) is 7.14. The zero-order chi connectivity index (χ0) is 21.5. The van der Waals surface area contributed by atoms with E-state index in [1.807, 2.05) is 18.2 Å². The zero-order valence-electron chi connectivity index (χ0n) is 17.8. The summed E-state index contributed by atoms with van der Waals surface area (Å²) in [4.78, 5) is 41.0. The maximum atomic E-state index is 12.9. The van der Waals surface area contributed by atoms with Gasteiger partial charge in [0, 0.05) is 49.8 Å². The number of nitrogens with one attached hydrogen (secondary N) is 1. The highest BCUT2D eigenvalue weighted by molar-refractivity contribution is 6.01. The van der Waals surface area contributed by atoms with E-state index < -0.39 is 6.04 Å². The SMILES string of the molecule is C=C1CCC(N2Cc3cc(O[C@H]4CCC[C@@H]4N4CCC(=O)CC4)ccc3C2=O)C(=O)N1. The molecule has 164 valence electrons. The molecule has 1 saturated carbocycles. The van der Waals surface area contributed by atoms with Crippen LogP contribution >= 0.6 is 0 Å².